The zero-order valence-electron chi connectivity index (χ0n) is 18.7. The molecule has 2 aromatic carbocycles. The second kappa shape index (κ2) is 11.2. The zero-order chi connectivity index (χ0) is 23.2. The number of benzene rings is 2. The van der Waals surface area contributed by atoms with Crippen molar-refractivity contribution in [2.45, 2.75) is 19.3 Å². The van der Waals surface area contributed by atoms with Gasteiger partial charge < -0.3 is 20.0 Å². The minimum Gasteiger partial charge on any atom is -0.339 e. The number of piperazine rings is 1. The molecule has 176 valence electrons. The van der Waals surface area contributed by atoms with E-state index in [1.165, 1.54) is 5.56 Å². The summed E-state index contributed by atoms with van der Waals surface area (Å²) in [6.45, 7) is 5.02. The lowest BCUT2D eigenvalue weighted by molar-refractivity contribution is -0.138. The molecule has 1 N–H and O–H groups in total. The molecule has 2 heterocycles. The molecule has 33 heavy (non-hydrogen) atoms. The molecule has 2 aliphatic rings. The Morgan fingerprint density at radius 1 is 0.909 bits per heavy atom. The molecule has 2 saturated heterocycles. The maximum atomic E-state index is 13.2. The van der Waals surface area contributed by atoms with Gasteiger partial charge in [0.2, 0.25) is 5.91 Å². The number of carbonyl (C=O) groups excluding carboxylic acids is 2. The molecule has 1 atom stereocenters. The van der Waals surface area contributed by atoms with E-state index in [2.05, 4.69) is 34.5 Å². The van der Waals surface area contributed by atoms with Gasteiger partial charge in [0.25, 0.3) is 0 Å². The number of carbonyl (C=O) groups is 2. The van der Waals surface area contributed by atoms with Crippen LogP contribution in [0.1, 0.15) is 18.4 Å². The van der Waals surface area contributed by atoms with Crippen LogP contribution in [0.25, 0.3) is 0 Å². The summed E-state index contributed by atoms with van der Waals surface area (Å²) >= 11 is 12.0. The van der Waals surface area contributed by atoms with Gasteiger partial charge in [-0.1, -0.05) is 53.5 Å². The zero-order valence-corrected chi connectivity index (χ0v) is 20.2. The van der Waals surface area contributed by atoms with Crippen molar-refractivity contribution in [3.8, 4) is 0 Å². The number of rotatable bonds is 5. The van der Waals surface area contributed by atoms with Crippen molar-refractivity contribution in [3.05, 3.63) is 64.1 Å². The number of anilines is 1. The summed E-state index contributed by atoms with van der Waals surface area (Å²) in [6.07, 6.45) is 3.00. The van der Waals surface area contributed by atoms with Crippen LogP contribution < -0.4 is 5.32 Å². The van der Waals surface area contributed by atoms with Crippen LogP contribution in [-0.2, 0) is 11.2 Å². The molecule has 4 rings (SSSR count). The number of piperidine rings is 1. The van der Waals surface area contributed by atoms with Crippen molar-refractivity contribution < 1.29 is 9.59 Å². The van der Waals surface area contributed by atoms with Crippen LogP contribution in [0.5, 0.6) is 0 Å². The highest BCUT2D eigenvalue weighted by atomic mass is 35.5. The standard InChI is InChI=1S/C25H30Cl2N4O2/c26-22-9-8-21(17-23(22)27)28-25(33)31-15-13-30(14-16-31)24(32)20-7-4-11-29(18-20)12-10-19-5-2-1-3-6-19/h1-3,5-6,8-9,17,20H,4,7,10-16,18H2,(H,28,33)/t20-/m1/s1. The maximum Gasteiger partial charge on any atom is 0.321 e. The Balaban J connectivity index is 1.23. The molecule has 2 aliphatic heterocycles. The average Bonchev–Trinajstić information content (AvgIpc) is 2.85. The Morgan fingerprint density at radius 3 is 2.36 bits per heavy atom. The van der Waals surface area contributed by atoms with E-state index in [1.54, 1.807) is 23.1 Å². The van der Waals surface area contributed by atoms with Crippen LogP contribution in [0.3, 0.4) is 0 Å². The van der Waals surface area contributed by atoms with Crippen LogP contribution in [0.4, 0.5) is 10.5 Å². The first-order valence-corrected chi connectivity index (χ1v) is 12.3. The first kappa shape index (κ1) is 23.9. The van der Waals surface area contributed by atoms with E-state index >= 15 is 0 Å². The number of nitrogens with zero attached hydrogens (tertiary/aromatic N) is 3. The first-order valence-electron chi connectivity index (χ1n) is 11.6. The predicted molar refractivity (Wildman–Crippen MR) is 133 cm³/mol. The molecular weight excluding hydrogens is 459 g/mol. The van der Waals surface area contributed by atoms with Gasteiger partial charge in [0.15, 0.2) is 0 Å². The predicted octanol–water partition coefficient (Wildman–Crippen LogP) is 4.62. The summed E-state index contributed by atoms with van der Waals surface area (Å²) < 4.78 is 0. The van der Waals surface area contributed by atoms with Crippen LogP contribution >= 0.6 is 23.2 Å². The molecule has 0 bridgehead atoms. The van der Waals surface area contributed by atoms with Gasteiger partial charge >= 0.3 is 6.03 Å². The Labute approximate surface area is 205 Å². The van der Waals surface area contributed by atoms with Crippen molar-refractivity contribution in [2.24, 2.45) is 5.92 Å². The Morgan fingerprint density at radius 2 is 1.64 bits per heavy atom. The van der Waals surface area contributed by atoms with Crippen LogP contribution in [-0.4, -0.2) is 72.5 Å². The fourth-order valence-electron chi connectivity index (χ4n) is 4.56. The van der Waals surface area contributed by atoms with E-state index in [9.17, 15) is 9.59 Å². The van der Waals surface area contributed by atoms with E-state index in [0.717, 1.165) is 38.9 Å². The highest BCUT2D eigenvalue weighted by Crippen LogP contribution is 2.25. The Kier molecular flexibility index (Phi) is 8.12. The van der Waals surface area contributed by atoms with Gasteiger partial charge in [-0.15, -0.1) is 0 Å². The normalized spacial score (nSPS) is 19.4. The fraction of sp³-hybridized carbons (Fsp3) is 0.440. The van der Waals surface area contributed by atoms with Crippen molar-refractivity contribution in [3.63, 3.8) is 0 Å². The molecule has 0 spiro atoms. The largest absolute Gasteiger partial charge is 0.339 e. The smallest absolute Gasteiger partial charge is 0.321 e. The van der Waals surface area contributed by atoms with Gasteiger partial charge in [-0.05, 0) is 49.6 Å². The van der Waals surface area contributed by atoms with Gasteiger partial charge in [-0.3, -0.25) is 4.79 Å². The average molecular weight is 489 g/mol. The van der Waals surface area contributed by atoms with Crippen LogP contribution in [0.2, 0.25) is 10.0 Å². The molecule has 0 aliphatic carbocycles. The van der Waals surface area contributed by atoms with E-state index in [4.69, 9.17) is 23.2 Å². The summed E-state index contributed by atoms with van der Waals surface area (Å²) in [7, 11) is 0. The summed E-state index contributed by atoms with van der Waals surface area (Å²) in [6, 6.07) is 15.3. The molecule has 3 amide bonds. The van der Waals surface area contributed by atoms with E-state index in [0.29, 0.717) is 41.9 Å². The van der Waals surface area contributed by atoms with E-state index in [-0.39, 0.29) is 17.9 Å². The molecule has 0 saturated carbocycles. The number of nitrogens with one attached hydrogen (secondary N) is 1. The molecule has 8 heteroatoms. The summed E-state index contributed by atoms with van der Waals surface area (Å²) in [5.41, 5.74) is 1.94. The summed E-state index contributed by atoms with van der Waals surface area (Å²) in [5.74, 6) is 0.273. The number of hydrogen-bond donors (Lipinski definition) is 1. The topological polar surface area (TPSA) is 55.9 Å². The van der Waals surface area contributed by atoms with Crippen molar-refractivity contribution in [1.82, 2.24) is 14.7 Å². The molecule has 2 fully saturated rings. The molecule has 0 radical (unpaired) electrons. The minimum absolute atomic E-state index is 0.0473. The number of halogens is 2. The molecule has 0 unspecified atom stereocenters. The van der Waals surface area contributed by atoms with Crippen LogP contribution in [0.15, 0.2) is 48.5 Å². The van der Waals surface area contributed by atoms with Gasteiger partial charge in [-0.2, -0.15) is 0 Å². The second-order valence-electron chi connectivity index (χ2n) is 8.75. The third kappa shape index (κ3) is 6.40. The quantitative estimate of drug-likeness (QED) is 0.667. The molecule has 6 nitrogen and oxygen atoms in total. The van der Waals surface area contributed by atoms with Crippen molar-refractivity contribution >= 4 is 40.8 Å². The fourth-order valence-corrected chi connectivity index (χ4v) is 4.85. The highest BCUT2D eigenvalue weighted by molar-refractivity contribution is 6.42. The SMILES string of the molecule is O=C(Nc1ccc(Cl)c(Cl)c1)N1CCN(C(=O)[C@@H]2CCCN(CCc3ccccc3)C2)CC1. The van der Waals surface area contributed by atoms with E-state index in [1.807, 2.05) is 11.0 Å². The molecule has 0 aromatic heterocycles. The Hall–Kier alpha value is -2.28. The lowest BCUT2D eigenvalue weighted by atomic mass is 9.95. The van der Waals surface area contributed by atoms with Gasteiger partial charge in [0.1, 0.15) is 0 Å². The van der Waals surface area contributed by atoms with Gasteiger partial charge in [0, 0.05) is 45.0 Å². The maximum absolute atomic E-state index is 13.2. The first-order chi connectivity index (χ1) is 16.0. The molecule has 2 aromatic rings. The number of urea groups is 1. The van der Waals surface area contributed by atoms with Crippen molar-refractivity contribution in [1.29, 1.82) is 0 Å². The molecular formula is C25H30Cl2N4O2. The third-order valence-corrected chi connectivity index (χ3v) is 7.20. The Bertz CT molecular complexity index is 964. The summed E-state index contributed by atoms with van der Waals surface area (Å²) in [4.78, 5) is 31.8. The van der Waals surface area contributed by atoms with Gasteiger partial charge in [0.05, 0.1) is 16.0 Å². The highest BCUT2D eigenvalue weighted by Gasteiger charge is 2.31. The van der Waals surface area contributed by atoms with Crippen LogP contribution in [0, 0.1) is 5.92 Å². The lowest BCUT2D eigenvalue weighted by Gasteiger charge is -2.39. The number of amides is 3. The second-order valence-corrected chi connectivity index (χ2v) is 9.56. The minimum atomic E-state index is -0.190. The third-order valence-electron chi connectivity index (χ3n) is 6.46. The van der Waals surface area contributed by atoms with Gasteiger partial charge in [-0.25, -0.2) is 4.79 Å². The number of hydrogen-bond acceptors (Lipinski definition) is 3. The number of likely N-dealkylation sites (tertiary alicyclic amines) is 1. The van der Waals surface area contributed by atoms with Crippen molar-refractivity contribution in [2.75, 3.05) is 51.1 Å². The monoisotopic (exact) mass is 488 g/mol. The van der Waals surface area contributed by atoms with E-state index < -0.39 is 0 Å². The summed E-state index contributed by atoms with van der Waals surface area (Å²) in [5, 5.41) is 3.70. The lowest BCUT2D eigenvalue weighted by Crippen LogP contribution is -2.54.